The van der Waals surface area contributed by atoms with Crippen LogP contribution in [-0.4, -0.2) is 53.1 Å². The Morgan fingerprint density at radius 3 is 2.19 bits per heavy atom. The Labute approximate surface area is 191 Å². The summed E-state index contributed by atoms with van der Waals surface area (Å²) in [6, 6.07) is 16.8. The van der Waals surface area contributed by atoms with Crippen LogP contribution in [0.1, 0.15) is 66.9 Å². The van der Waals surface area contributed by atoms with Crippen LogP contribution in [0.25, 0.3) is 0 Å². The molecule has 3 rings (SSSR count). The zero-order valence-electron chi connectivity index (χ0n) is 18.9. The van der Waals surface area contributed by atoms with Crippen LogP contribution >= 0.6 is 11.6 Å². The number of hydrogen-bond acceptors (Lipinski definition) is 3. The SMILES string of the molecule is CC(C)N(CCO)Cc1ccc([C@H]2CC[C@H](N(C)C(=O)c3ccc(Cl)cc3)CC2)cc1. The van der Waals surface area contributed by atoms with Crippen LogP contribution in [0.15, 0.2) is 48.5 Å². The fraction of sp³-hybridized carbons (Fsp3) is 0.500. The van der Waals surface area contributed by atoms with Crippen molar-refractivity contribution in [3.05, 3.63) is 70.2 Å². The second-order valence-corrected chi connectivity index (χ2v) is 9.39. The minimum absolute atomic E-state index is 0.0713. The van der Waals surface area contributed by atoms with Gasteiger partial charge < -0.3 is 10.0 Å². The molecule has 2 aromatic carbocycles. The Balaban J connectivity index is 1.54. The third kappa shape index (κ3) is 6.31. The molecule has 168 valence electrons. The van der Waals surface area contributed by atoms with Crippen molar-refractivity contribution in [1.29, 1.82) is 0 Å². The van der Waals surface area contributed by atoms with E-state index in [-0.39, 0.29) is 18.6 Å². The lowest BCUT2D eigenvalue weighted by Gasteiger charge is -2.35. The second-order valence-electron chi connectivity index (χ2n) is 8.96. The smallest absolute Gasteiger partial charge is 0.253 e. The van der Waals surface area contributed by atoms with E-state index in [2.05, 4.69) is 43.0 Å². The van der Waals surface area contributed by atoms with Crippen LogP contribution in [-0.2, 0) is 6.54 Å². The van der Waals surface area contributed by atoms with E-state index in [0.717, 1.165) is 32.2 Å². The molecular weight excluding hydrogens is 408 g/mol. The second kappa shape index (κ2) is 11.1. The van der Waals surface area contributed by atoms with Crippen LogP contribution in [0, 0.1) is 0 Å². The molecule has 1 N–H and O–H groups in total. The summed E-state index contributed by atoms with van der Waals surface area (Å²) in [5.41, 5.74) is 3.38. The number of carbonyl (C=O) groups excluding carboxylic acids is 1. The first kappa shape index (κ1) is 23.8. The van der Waals surface area contributed by atoms with E-state index in [4.69, 9.17) is 11.6 Å². The number of amides is 1. The van der Waals surface area contributed by atoms with Crippen molar-refractivity contribution in [3.63, 3.8) is 0 Å². The third-order valence-corrected chi connectivity index (χ3v) is 6.86. The van der Waals surface area contributed by atoms with Gasteiger partial charge in [0.2, 0.25) is 0 Å². The lowest BCUT2D eigenvalue weighted by atomic mass is 9.81. The number of aliphatic hydroxyl groups is 1. The largest absolute Gasteiger partial charge is 0.395 e. The van der Waals surface area contributed by atoms with Gasteiger partial charge >= 0.3 is 0 Å². The number of aliphatic hydroxyl groups excluding tert-OH is 1. The normalized spacial score (nSPS) is 19.1. The molecule has 4 nitrogen and oxygen atoms in total. The fourth-order valence-electron chi connectivity index (χ4n) is 4.54. The molecule has 1 amide bonds. The predicted molar refractivity (Wildman–Crippen MR) is 128 cm³/mol. The summed E-state index contributed by atoms with van der Waals surface area (Å²) in [5, 5.41) is 9.93. The highest BCUT2D eigenvalue weighted by molar-refractivity contribution is 6.30. The van der Waals surface area contributed by atoms with Crippen LogP contribution in [0.4, 0.5) is 0 Å². The average Bonchev–Trinajstić information content (AvgIpc) is 2.79. The van der Waals surface area contributed by atoms with Crippen LogP contribution in [0.5, 0.6) is 0 Å². The van der Waals surface area contributed by atoms with Crippen molar-refractivity contribution in [3.8, 4) is 0 Å². The molecule has 1 fully saturated rings. The van der Waals surface area contributed by atoms with E-state index in [0.29, 0.717) is 29.1 Å². The molecule has 1 aliphatic carbocycles. The van der Waals surface area contributed by atoms with Crippen molar-refractivity contribution < 1.29 is 9.90 Å². The highest BCUT2D eigenvalue weighted by atomic mass is 35.5. The Kier molecular flexibility index (Phi) is 8.53. The van der Waals surface area contributed by atoms with Gasteiger partial charge in [0.25, 0.3) is 5.91 Å². The minimum Gasteiger partial charge on any atom is -0.395 e. The minimum atomic E-state index is 0.0713. The first-order valence-electron chi connectivity index (χ1n) is 11.4. The van der Waals surface area contributed by atoms with Gasteiger partial charge in [-0.3, -0.25) is 9.69 Å². The van der Waals surface area contributed by atoms with Gasteiger partial charge in [0.1, 0.15) is 0 Å². The highest BCUT2D eigenvalue weighted by Gasteiger charge is 2.27. The molecule has 31 heavy (non-hydrogen) atoms. The summed E-state index contributed by atoms with van der Waals surface area (Å²) in [6.45, 7) is 6.08. The summed E-state index contributed by atoms with van der Waals surface area (Å²) in [7, 11) is 1.92. The van der Waals surface area contributed by atoms with Gasteiger partial charge in [-0.05, 0) is 80.8 Å². The summed E-state index contributed by atoms with van der Waals surface area (Å²) in [6.07, 6.45) is 4.26. The van der Waals surface area contributed by atoms with Crippen molar-refractivity contribution >= 4 is 17.5 Å². The van der Waals surface area contributed by atoms with Crippen molar-refractivity contribution in [1.82, 2.24) is 9.80 Å². The van der Waals surface area contributed by atoms with Gasteiger partial charge in [0.15, 0.2) is 0 Å². The Bertz CT molecular complexity index is 827. The maximum absolute atomic E-state index is 12.8. The first-order chi connectivity index (χ1) is 14.9. The number of rotatable bonds is 8. The van der Waals surface area contributed by atoms with E-state index in [1.807, 2.05) is 11.9 Å². The van der Waals surface area contributed by atoms with Gasteiger partial charge in [-0.15, -0.1) is 0 Å². The van der Waals surface area contributed by atoms with Gasteiger partial charge in [0, 0.05) is 42.8 Å². The van der Waals surface area contributed by atoms with Crippen LogP contribution in [0.3, 0.4) is 0 Å². The predicted octanol–water partition coefficient (Wildman–Crippen LogP) is 5.34. The summed E-state index contributed by atoms with van der Waals surface area (Å²) in [4.78, 5) is 17.0. The summed E-state index contributed by atoms with van der Waals surface area (Å²) < 4.78 is 0. The molecule has 0 bridgehead atoms. The van der Waals surface area contributed by atoms with Crippen molar-refractivity contribution in [2.45, 2.75) is 64.1 Å². The topological polar surface area (TPSA) is 43.8 Å². The molecule has 0 radical (unpaired) electrons. The molecule has 0 heterocycles. The molecule has 1 saturated carbocycles. The molecule has 0 aromatic heterocycles. The number of carbonyl (C=O) groups is 1. The first-order valence-corrected chi connectivity index (χ1v) is 11.7. The number of nitrogens with zero attached hydrogens (tertiary/aromatic N) is 2. The van der Waals surface area contributed by atoms with E-state index >= 15 is 0 Å². The quantitative estimate of drug-likeness (QED) is 0.600. The molecule has 5 heteroatoms. The lowest BCUT2D eigenvalue weighted by molar-refractivity contribution is 0.0689. The molecule has 0 aliphatic heterocycles. The van der Waals surface area contributed by atoms with Gasteiger partial charge in [-0.2, -0.15) is 0 Å². The summed E-state index contributed by atoms with van der Waals surface area (Å²) in [5.74, 6) is 0.630. The molecule has 1 aliphatic rings. The van der Waals surface area contributed by atoms with Crippen LogP contribution < -0.4 is 0 Å². The Morgan fingerprint density at radius 2 is 1.65 bits per heavy atom. The standard InChI is InChI=1S/C26H35ClN2O2/c1-19(2)29(16-17-30)18-20-4-6-21(7-5-20)22-10-14-25(15-11-22)28(3)26(31)23-8-12-24(27)13-9-23/h4-9,12-13,19,22,25,30H,10-11,14-18H2,1-3H3/t22-,25-. The molecule has 0 spiro atoms. The van der Waals surface area contributed by atoms with E-state index in [1.54, 1.807) is 24.3 Å². The van der Waals surface area contributed by atoms with Gasteiger partial charge in [-0.25, -0.2) is 0 Å². The highest BCUT2D eigenvalue weighted by Crippen LogP contribution is 2.35. The molecular formula is C26H35ClN2O2. The number of halogens is 1. The molecule has 2 aromatic rings. The Hall–Kier alpha value is -1.88. The van der Waals surface area contributed by atoms with Crippen molar-refractivity contribution in [2.75, 3.05) is 20.2 Å². The van der Waals surface area contributed by atoms with Gasteiger partial charge in [0.05, 0.1) is 6.61 Å². The van der Waals surface area contributed by atoms with Crippen molar-refractivity contribution in [2.24, 2.45) is 0 Å². The molecule has 0 saturated heterocycles. The van der Waals surface area contributed by atoms with Crippen LogP contribution in [0.2, 0.25) is 5.02 Å². The van der Waals surface area contributed by atoms with E-state index in [1.165, 1.54) is 11.1 Å². The molecule has 0 unspecified atom stereocenters. The number of hydrogen-bond donors (Lipinski definition) is 1. The summed E-state index contributed by atoms with van der Waals surface area (Å²) >= 11 is 5.94. The van der Waals surface area contributed by atoms with E-state index < -0.39 is 0 Å². The third-order valence-electron chi connectivity index (χ3n) is 6.61. The van der Waals surface area contributed by atoms with Gasteiger partial charge in [-0.1, -0.05) is 35.9 Å². The monoisotopic (exact) mass is 442 g/mol. The number of benzene rings is 2. The maximum Gasteiger partial charge on any atom is 0.253 e. The zero-order valence-corrected chi connectivity index (χ0v) is 19.7. The molecule has 0 atom stereocenters. The van der Waals surface area contributed by atoms with E-state index in [9.17, 15) is 9.90 Å². The average molecular weight is 443 g/mol. The Morgan fingerprint density at radius 1 is 1.03 bits per heavy atom. The lowest BCUT2D eigenvalue weighted by Crippen LogP contribution is -2.39. The maximum atomic E-state index is 12.8. The fourth-order valence-corrected chi connectivity index (χ4v) is 4.66. The zero-order chi connectivity index (χ0) is 22.4.